The number of unbranched alkanes of at least 4 members (excludes halogenated alkanes) is 18. The molecule has 0 unspecified atom stereocenters. The molecule has 0 atom stereocenters. The first-order valence-electron chi connectivity index (χ1n) is 30.8. The summed E-state index contributed by atoms with van der Waals surface area (Å²) in [4.78, 5) is 40.1. The molecule has 0 N–H and O–H groups in total. The third-order valence-corrected chi connectivity index (χ3v) is 20.3. The Morgan fingerprint density at radius 3 is 1.21 bits per heavy atom. The zero-order chi connectivity index (χ0) is 55.7. The number of fused-ring (bicyclic) bond motifs is 4. The number of rotatable bonds is 27. The molecule has 6 aromatic carbocycles. The van der Waals surface area contributed by atoms with Crippen LogP contribution in [0.2, 0.25) is 0 Å². The Kier molecular flexibility index (Phi) is 18.6. The highest BCUT2D eigenvalue weighted by Crippen LogP contribution is 2.52. The van der Waals surface area contributed by atoms with Crippen LogP contribution in [0.3, 0.4) is 0 Å². The molecule has 0 radical (unpaired) electrons. The predicted octanol–water partition coefficient (Wildman–Crippen LogP) is 23.3. The Balaban J connectivity index is 0.881. The minimum Gasteiger partial charge on any atom is -0.295 e. The topological polar surface area (TPSA) is 40.6 Å². The molecule has 4 nitrogen and oxygen atoms in total. The Bertz CT molecular complexity index is 3700. The summed E-state index contributed by atoms with van der Waals surface area (Å²) >= 11 is 5.36. The second-order valence-corrected chi connectivity index (χ2v) is 26.5. The Hall–Kier alpha value is -6.38. The van der Waals surface area contributed by atoms with Crippen molar-refractivity contribution in [1.82, 2.24) is 0 Å². The number of Topliss-reactive ketones (excluding diaryl/α,β-unsaturated/α-hetero) is 2. The van der Waals surface area contributed by atoms with Crippen molar-refractivity contribution >= 4 is 88.5 Å². The van der Waals surface area contributed by atoms with Gasteiger partial charge in [-0.3, -0.25) is 19.4 Å². The van der Waals surface area contributed by atoms with Crippen LogP contribution in [0.1, 0.15) is 184 Å². The highest BCUT2D eigenvalue weighted by atomic mass is 32.1. The van der Waals surface area contributed by atoms with Crippen LogP contribution in [-0.2, 0) is 12.8 Å². The first-order valence-corrected chi connectivity index (χ1v) is 33.2. The fourth-order valence-electron chi connectivity index (χ4n) is 12.3. The van der Waals surface area contributed by atoms with Crippen LogP contribution in [0, 0.1) is 13.8 Å². The van der Waals surface area contributed by atoms with Crippen molar-refractivity contribution in [3.8, 4) is 32.0 Å². The molecule has 0 aliphatic carbocycles. The van der Waals surface area contributed by atoms with Gasteiger partial charge >= 0.3 is 0 Å². The van der Waals surface area contributed by atoms with E-state index < -0.39 is 0 Å². The quantitative estimate of drug-likeness (QED) is 0.0380. The number of allylic oxidation sites excluding steroid dienone is 2. The summed E-state index contributed by atoms with van der Waals surface area (Å²) < 4.78 is 0. The smallest absolute Gasteiger partial charge is 0.214 e. The zero-order valence-electron chi connectivity index (χ0n) is 48.3. The lowest BCUT2D eigenvalue weighted by atomic mass is 9.98. The molecule has 3 aromatic heterocycles. The number of hydrogen-bond donors (Lipinski definition) is 0. The van der Waals surface area contributed by atoms with Gasteiger partial charge in [-0.15, -0.1) is 34.0 Å². The number of carbonyl (C=O) groups excluding carboxylic acids is 2. The molecule has 2 aliphatic rings. The fourth-order valence-corrected chi connectivity index (χ4v) is 15.4. The lowest BCUT2D eigenvalue weighted by molar-refractivity contribution is 0.101. The van der Waals surface area contributed by atoms with E-state index in [-0.39, 0.29) is 11.6 Å². The second kappa shape index (κ2) is 26.7. The number of carbonyl (C=O) groups is 2. The van der Waals surface area contributed by atoms with Gasteiger partial charge in [-0.25, -0.2) is 0 Å². The molecule has 5 heterocycles. The van der Waals surface area contributed by atoms with Gasteiger partial charge in [-0.05, 0) is 168 Å². The fraction of sp³-hybridized carbons (Fsp3) is 0.351. The first kappa shape index (κ1) is 56.5. The number of benzene rings is 6. The van der Waals surface area contributed by atoms with Crippen molar-refractivity contribution < 1.29 is 9.59 Å². The standard InChI is InChI=1S/C74H80N2O2S3/c1-5-7-9-11-13-15-17-19-21-23-25-61-37-43-69(79-61)75-65-46-52(4)28-39-63(65)73(77)71(75)72-74(78)64-40-36-58(50-66(64)76(72)70-44-38-62(80-70)26-24-22-20-18-16-14-12-10-8-6-2)56-30-31-57-49-60(35-33-55(57)47-56)68-42-41-67(81-68)59-34-32-53-45-51(3)27-29-54(53)48-59/h27-50H,5-26H2,1-4H3/b72-71+. The largest absolute Gasteiger partial charge is 0.295 e. The van der Waals surface area contributed by atoms with Crippen LogP contribution in [0.25, 0.3) is 53.6 Å². The molecule has 0 saturated heterocycles. The summed E-state index contributed by atoms with van der Waals surface area (Å²) in [6.45, 7) is 8.80. The normalized spacial score (nSPS) is 14.1. The molecule has 0 fully saturated rings. The Labute approximate surface area is 494 Å². The number of aryl methyl sites for hydroxylation is 4. The highest BCUT2D eigenvalue weighted by molar-refractivity contribution is 7.19. The van der Waals surface area contributed by atoms with Crippen molar-refractivity contribution in [3.63, 3.8) is 0 Å². The summed E-state index contributed by atoms with van der Waals surface area (Å²) in [5, 5.41) is 6.82. The number of hydrogen-bond acceptors (Lipinski definition) is 7. The lowest BCUT2D eigenvalue weighted by Crippen LogP contribution is -2.25. The molecule has 416 valence electrons. The van der Waals surface area contributed by atoms with Crippen molar-refractivity contribution in [1.29, 1.82) is 0 Å². The van der Waals surface area contributed by atoms with Gasteiger partial charge in [0.1, 0.15) is 21.4 Å². The van der Waals surface area contributed by atoms with Gasteiger partial charge in [0, 0.05) is 30.6 Å². The van der Waals surface area contributed by atoms with Crippen LogP contribution in [-0.4, -0.2) is 11.6 Å². The molecule has 81 heavy (non-hydrogen) atoms. The molecular formula is C74H80N2O2S3. The number of nitrogens with zero attached hydrogens (tertiary/aromatic N) is 2. The lowest BCUT2D eigenvalue weighted by Gasteiger charge is -2.25. The molecular weight excluding hydrogens is 1050 g/mol. The SMILES string of the molecule is CCCCCCCCCCCCc1ccc(N2/C(=C3\C(=O)c4ccc(-c5ccc6cc(-c7ccc(-c8ccc9cc(C)ccc9c8)s7)ccc6c5)cc4N3c3ccc(CCCCCCCCCCCC)s3)C(=O)c3ccc(C)cc32)s1. The van der Waals surface area contributed by atoms with E-state index in [0.717, 1.165) is 69.1 Å². The maximum absolute atomic E-state index is 15.5. The molecule has 0 saturated carbocycles. The average Bonchev–Trinajstić information content (AvgIpc) is 4.53. The third kappa shape index (κ3) is 13.0. The molecule has 7 heteroatoms. The third-order valence-electron chi connectivity index (χ3n) is 16.9. The van der Waals surface area contributed by atoms with E-state index in [0.29, 0.717) is 22.5 Å². The van der Waals surface area contributed by atoms with Crippen molar-refractivity contribution in [3.05, 3.63) is 189 Å². The average molecular weight is 1130 g/mol. The van der Waals surface area contributed by atoms with Gasteiger partial charge < -0.3 is 0 Å². The summed E-state index contributed by atoms with van der Waals surface area (Å²) in [6.07, 6.45) is 28.2. The van der Waals surface area contributed by atoms with Gasteiger partial charge in [0.15, 0.2) is 0 Å². The van der Waals surface area contributed by atoms with E-state index in [4.69, 9.17) is 0 Å². The number of anilines is 4. The molecule has 0 bridgehead atoms. The van der Waals surface area contributed by atoms with Gasteiger partial charge in [-0.2, -0.15) is 0 Å². The molecule has 0 spiro atoms. The second-order valence-electron chi connectivity index (χ2n) is 23.1. The predicted molar refractivity (Wildman–Crippen MR) is 351 cm³/mol. The number of thiophene rings is 3. The van der Waals surface area contributed by atoms with Crippen LogP contribution >= 0.6 is 34.0 Å². The van der Waals surface area contributed by atoms with Crippen molar-refractivity contribution in [2.24, 2.45) is 0 Å². The van der Waals surface area contributed by atoms with Crippen LogP contribution in [0.5, 0.6) is 0 Å². The Morgan fingerprint density at radius 1 is 0.333 bits per heavy atom. The monoisotopic (exact) mass is 1120 g/mol. The van der Waals surface area contributed by atoms with Gasteiger partial charge in [0.05, 0.1) is 11.4 Å². The van der Waals surface area contributed by atoms with E-state index >= 15 is 9.59 Å². The van der Waals surface area contributed by atoms with E-state index in [9.17, 15) is 0 Å². The molecule has 0 amide bonds. The van der Waals surface area contributed by atoms with Gasteiger partial charge in [0.25, 0.3) is 0 Å². The maximum Gasteiger partial charge on any atom is 0.214 e. The van der Waals surface area contributed by atoms with E-state index in [1.165, 1.54) is 168 Å². The van der Waals surface area contributed by atoms with Gasteiger partial charge in [-0.1, -0.05) is 202 Å². The summed E-state index contributed by atoms with van der Waals surface area (Å²) in [5.74, 6) is -0.214. The van der Waals surface area contributed by atoms with Crippen molar-refractivity contribution in [2.45, 2.75) is 169 Å². The van der Waals surface area contributed by atoms with Crippen LogP contribution < -0.4 is 9.80 Å². The van der Waals surface area contributed by atoms with E-state index in [1.54, 1.807) is 22.7 Å². The Morgan fingerprint density at radius 2 is 0.704 bits per heavy atom. The van der Waals surface area contributed by atoms with Crippen LogP contribution in [0.15, 0.2) is 157 Å². The maximum atomic E-state index is 15.5. The molecule has 11 rings (SSSR count). The van der Waals surface area contributed by atoms with E-state index in [1.807, 2.05) is 29.5 Å². The molecule has 9 aromatic rings. The van der Waals surface area contributed by atoms with E-state index in [2.05, 4.69) is 165 Å². The van der Waals surface area contributed by atoms with Crippen molar-refractivity contribution in [2.75, 3.05) is 9.80 Å². The zero-order valence-corrected chi connectivity index (χ0v) is 50.8. The summed E-state index contributed by atoms with van der Waals surface area (Å²) in [6, 6.07) is 52.7. The minimum atomic E-state index is -0.111. The summed E-state index contributed by atoms with van der Waals surface area (Å²) in [5.41, 5.74) is 10.8. The van der Waals surface area contributed by atoms with Crippen LogP contribution in [0.4, 0.5) is 21.4 Å². The molecule has 2 aliphatic heterocycles. The first-order chi connectivity index (χ1) is 39.7. The van der Waals surface area contributed by atoms with Gasteiger partial charge in [0.2, 0.25) is 11.6 Å². The minimum absolute atomic E-state index is 0.102. The highest BCUT2D eigenvalue weighted by Gasteiger charge is 2.45. The summed E-state index contributed by atoms with van der Waals surface area (Å²) in [7, 11) is 0. The number of ketones is 2.